The molecule has 3 aromatic rings. The maximum Gasteiger partial charge on any atom is 0.188 e. The van der Waals surface area contributed by atoms with Gasteiger partial charge in [-0.15, -0.1) is 0 Å². The molecule has 5 heteroatoms. The summed E-state index contributed by atoms with van der Waals surface area (Å²) in [4.78, 5) is 8.87. The number of aryl methyl sites for hydroxylation is 2. The first-order chi connectivity index (χ1) is 9.15. The van der Waals surface area contributed by atoms with E-state index >= 15 is 0 Å². The summed E-state index contributed by atoms with van der Waals surface area (Å²) < 4.78 is 1.94. The smallest absolute Gasteiger partial charge is 0.188 e. The number of rotatable bonds is 2. The molecule has 19 heavy (non-hydrogen) atoms. The minimum Gasteiger partial charge on any atom is -0.381 e. The number of anilines is 2. The summed E-state index contributed by atoms with van der Waals surface area (Å²) in [6, 6.07) is 11.7. The second-order valence-corrected chi connectivity index (χ2v) is 4.51. The van der Waals surface area contributed by atoms with Gasteiger partial charge in [-0.1, -0.05) is 12.1 Å². The third-order valence-corrected chi connectivity index (χ3v) is 3.09. The van der Waals surface area contributed by atoms with Gasteiger partial charge in [-0.05, 0) is 38.1 Å². The van der Waals surface area contributed by atoms with E-state index in [1.807, 2.05) is 54.9 Å². The summed E-state index contributed by atoms with van der Waals surface area (Å²) in [7, 11) is 0. The van der Waals surface area contributed by atoms with Gasteiger partial charge in [-0.2, -0.15) is 0 Å². The van der Waals surface area contributed by atoms with Crippen LogP contribution in [0.15, 0.2) is 36.4 Å². The number of hydrogen-bond donors (Lipinski definition) is 2. The molecule has 0 spiro atoms. The second-order valence-electron chi connectivity index (χ2n) is 4.51. The lowest BCUT2D eigenvalue weighted by molar-refractivity contribution is 0.872. The van der Waals surface area contributed by atoms with Gasteiger partial charge >= 0.3 is 0 Å². The maximum absolute atomic E-state index is 5.95. The van der Waals surface area contributed by atoms with Crippen molar-refractivity contribution in [3.05, 3.63) is 47.8 Å². The monoisotopic (exact) mass is 253 g/mol. The van der Waals surface area contributed by atoms with Crippen LogP contribution in [0.2, 0.25) is 0 Å². The molecule has 0 unspecified atom stereocenters. The van der Waals surface area contributed by atoms with Crippen LogP contribution in [0.1, 0.15) is 11.4 Å². The fraction of sp³-hybridized carbons (Fsp3) is 0.143. The molecule has 0 fully saturated rings. The molecule has 0 aliphatic heterocycles. The standard InChI is InChI=1S/C14H15N5/c1-9-7-8-10(2)19(9)18-14-13(15)16-11-5-3-4-6-12(11)17-14/h3-8H,1-2H3,(H2,15,16)(H,17,18). The molecule has 0 radical (unpaired) electrons. The molecule has 3 rings (SSSR count). The predicted molar refractivity (Wildman–Crippen MR) is 76.9 cm³/mol. The zero-order valence-electron chi connectivity index (χ0n) is 10.9. The van der Waals surface area contributed by atoms with E-state index in [1.54, 1.807) is 0 Å². The Morgan fingerprint density at radius 3 is 2.16 bits per heavy atom. The summed E-state index contributed by atoms with van der Waals surface area (Å²) in [5.74, 6) is 0.965. The van der Waals surface area contributed by atoms with E-state index in [0.717, 1.165) is 22.4 Å². The zero-order chi connectivity index (χ0) is 13.4. The summed E-state index contributed by atoms with van der Waals surface area (Å²) >= 11 is 0. The lowest BCUT2D eigenvalue weighted by atomic mass is 10.3. The molecule has 0 aliphatic rings. The first kappa shape index (κ1) is 11.5. The number of benzene rings is 1. The molecule has 0 saturated heterocycles. The number of para-hydroxylation sites is 2. The molecule has 2 aromatic heterocycles. The number of hydrogen-bond acceptors (Lipinski definition) is 4. The van der Waals surface area contributed by atoms with Crippen LogP contribution in [-0.2, 0) is 0 Å². The number of aromatic nitrogens is 3. The maximum atomic E-state index is 5.95. The van der Waals surface area contributed by atoms with Crippen molar-refractivity contribution in [2.24, 2.45) is 0 Å². The van der Waals surface area contributed by atoms with Gasteiger partial charge in [-0.25, -0.2) is 9.97 Å². The quantitative estimate of drug-likeness (QED) is 0.736. The Hall–Kier alpha value is -2.56. The van der Waals surface area contributed by atoms with Gasteiger partial charge in [-0.3, -0.25) is 10.1 Å². The predicted octanol–water partition coefficient (Wildman–Crippen LogP) is 2.51. The van der Waals surface area contributed by atoms with Gasteiger partial charge < -0.3 is 5.73 Å². The molecule has 0 amide bonds. The third-order valence-electron chi connectivity index (χ3n) is 3.09. The highest BCUT2D eigenvalue weighted by atomic mass is 15.4. The van der Waals surface area contributed by atoms with Crippen LogP contribution in [0.25, 0.3) is 11.0 Å². The summed E-state index contributed by atoms with van der Waals surface area (Å²) in [6.45, 7) is 4.04. The van der Waals surface area contributed by atoms with E-state index in [-0.39, 0.29) is 0 Å². The van der Waals surface area contributed by atoms with Crippen molar-refractivity contribution in [1.82, 2.24) is 14.6 Å². The van der Waals surface area contributed by atoms with Gasteiger partial charge in [0.2, 0.25) is 0 Å². The topological polar surface area (TPSA) is 68.8 Å². The number of nitrogen functional groups attached to an aromatic ring is 1. The van der Waals surface area contributed by atoms with Crippen LogP contribution in [-0.4, -0.2) is 14.6 Å². The van der Waals surface area contributed by atoms with E-state index in [0.29, 0.717) is 11.6 Å². The molecule has 0 aliphatic carbocycles. The van der Waals surface area contributed by atoms with Crippen LogP contribution in [0.4, 0.5) is 11.6 Å². The van der Waals surface area contributed by atoms with Crippen molar-refractivity contribution in [3.8, 4) is 0 Å². The lowest BCUT2D eigenvalue weighted by Gasteiger charge is -2.13. The number of nitrogens with one attached hydrogen (secondary N) is 1. The fourth-order valence-corrected chi connectivity index (χ4v) is 2.05. The largest absolute Gasteiger partial charge is 0.381 e. The minimum absolute atomic E-state index is 0.395. The Morgan fingerprint density at radius 1 is 0.947 bits per heavy atom. The van der Waals surface area contributed by atoms with E-state index < -0.39 is 0 Å². The van der Waals surface area contributed by atoms with Crippen LogP contribution >= 0.6 is 0 Å². The number of nitrogens with two attached hydrogens (primary N) is 1. The van der Waals surface area contributed by atoms with Crippen molar-refractivity contribution in [1.29, 1.82) is 0 Å². The normalized spacial score (nSPS) is 10.8. The molecule has 5 nitrogen and oxygen atoms in total. The van der Waals surface area contributed by atoms with Crippen molar-refractivity contribution < 1.29 is 0 Å². The molecule has 3 N–H and O–H groups in total. The Balaban J connectivity index is 2.08. The molecular formula is C14H15N5. The lowest BCUT2D eigenvalue weighted by Crippen LogP contribution is -2.15. The molecule has 0 atom stereocenters. The molecule has 0 saturated carbocycles. The van der Waals surface area contributed by atoms with Gasteiger partial charge in [0.15, 0.2) is 11.6 Å². The van der Waals surface area contributed by atoms with Gasteiger partial charge in [0, 0.05) is 11.4 Å². The van der Waals surface area contributed by atoms with E-state index in [9.17, 15) is 0 Å². The SMILES string of the molecule is Cc1ccc(C)n1Nc1nc2ccccc2nc1N. The fourth-order valence-electron chi connectivity index (χ4n) is 2.05. The van der Waals surface area contributed by atoms with Gasteiger partial charge in [0.1, 0.15) is 0 Å². The molecule has 0 bridgehead atoms. The minimum atomic E-state index is 0.395. The Bertz CT molecular complexity index is 725. The molecule has 1 aromatic carbocycles. The van der Waals surface area contributed by atoms with Crippen LogP contribution in [0, 0.1) is 13.8 Å². The number of nitrogens with zero attached hydrogens (tertiary/aromatic N) is 3. The Kier molecular flexibility index (Phi) is 2.59. The van der Waals surface area contributed by atoms with Gasteiger partial charge in [0.25, 0.3) is 0 Å². The van der Waals surface area contributed by atoms with Crippen LogP contribution in [0.3, 0.4) is 0 Å². The van der Waals surface area contributed by atoms with E-state index in [2.05, 4.69) is 15.4 Å². The Morgan fingerprint density at radius 2 is 1.53 bits per heavy atom. The molecular weight excluding hydrogens is 238 g/mol. The average molecular weight is 253 g/mol. The first-order valence-electron chi connectivity index (χ1n) is 6.09. The van der Waals surface area contributed by atoms with Crippen LogP contribution in [0.5, 0.6) is 0 Å². The highest BCUT2D eigenvalue weighted by Crippen LogP contribution is 2.19. The second kappa shape index (κ2) is 4.28. The molecule has 2 heterocycles. The summed E-state index contributed by atoms with van der Waals surface area (Å²) in [5, 5.41) is 0. The van der Waals surface area contributed by atoms with Gasteiger partial charge in [0.05, 0.1) is 11.0 Å². The van der Waals surface area contributed by atoms with Crippen molar-refractivity contribution in [2.45, 2.75) is 13.8 Å². The zero-order valence-corrected chi connectivity index (χ0v) is 10.9. The summed E-state index contributed by atoms with van der Waals surface area (Å²) in [5.41, 5.74) is 13.0. The van der Waals surface area contributed by atoms with Crippen molar-refractivity contribution >= 4 is 22.7 Å². The Labute approximate surface area is 111 Å². The highest BCUT2D eigenvalue weighted by Gasteiger charge is 2.08. The van der Waals surface area contributed by atoms with Crippen molar-refractivity contribution in [3.63, 3.8) is 0 Å². The van der Waals surface area contributed by atoms with E-state index in [1.165, 1.54) is 0 Å². The first-order valence-corrected chi connectivity index (χ1v) is 6.09. The average Bonchev–Trinajstić information content (AvgIpc) is 2.71. The number of fused-ring (bicyclic) bond motifs is 1. The summed E-state index contributed by atoms with van der Waals surface area (Å²) in [6.07, 6.45) is 0. The van der Waals surface area contributed by atoms with E-state index in [4.69, 9.17) is 5.73 Å². The third kappa shape index (κ3) is 1.99. The van der Waals surface area contributed by atoms with Crippen molar-refractivity contribution in [2.75, 3.05) is 11.2 Å². The molecule has 96 valence electrons. The highest BCUT2D eigenvalue weighted by molar-refractivity contribution is 5.79. The van der Waals surface area contributed by atoms with Crippen LogP contribution < -0.4 is 11.2 Å².